The molecule has 0 saturated carbocycles. The number of benzene rings is 1. The number of amides is 1. The highest BCUT2D eigenvalue weighted by atomic mass is 79.9. The molecule has 0 atom stereocenters. The molecule has 0 spiro atoms. The molecule has 0 unspecified atom stereocenters. The molecule has 0 radical (unpaired) electrons. The van der Waals surface area contributed by atoms with Gasteiger partial charge in [0.25, 0.3) is 0 Å². The minimum absolute atomic E-state index is 0.00396. The molecule has 1 amide bonds. The number of aryl methyl sites for hydroxylation is 1. The van der Waals surface area contributed by atoms with E-state index in [4.69, 9.17) is 0 Å². The Hall–Kier alpha value is -0.870. The molecule has 17 heavy (non-hydrogen) atoms. The number of hydrogen-bond acceptors (Lipinski definition) is 2. The summed E-state index contributed by atoms with van der Waals surface area (Å²) in [5.41, 5.74) is 2.03. The summed E-state index contributed by atoms with van der Waals surface area (Å²) in [6.45, 7) is 6.45. The Morgan fingerprint density at radius 1 is 1.41 bits per heavy atom. The molecule has 1 aromatic carbocycles. The van der Waals surface area contributed by atoms with Gasteiger partial charge in [-0.2, -0.15) is 0 Å². The van der Waals surface area contributed by atoms with Crippen LogP contribution in [0.15, 0.2) is 22.7 Å². The molecule has 0 aliphatic heterocycles. The van der Waals surface area contributed by atoms with Crippen LogP contribution in [0.4, 0.5) is 5.69 Å². The van der Waals surface area contributed by atoms with Gasteiger partial charge in [-0.15, -0.1) is 0 Å². The number of halogens is 1. The molecule has 1 rings (SSSR count). The zero-order chi connectivity index (χ0) is 12.8. The predicted molar refractivity (Wildman–Crippen MR) is 75.3 cm³/mol. The van der Waals surface area contributed by atoms with Crippen LogP contribution in [0.5, 0.6) is 0 Å². The SMILES string of the molecule is CCc1cc(Br)ccc1NC(=O)CNC(C)C. The lowest BCUT2D eigenvalue weighted by Gasteiger charge is -2.12. The van der Waals surface area contributed by atoms with Crippen molar-refractivity contribution in [2.45, 2.75) is 33.2 Å². The first-order valence-corrected chi connectivity index (χ1v) is 6.64. The molecule has 0 bridgehead atoms. The fourth-order valence-electron chi connectivity index (χ4n) is 1.47. The summed E-state index contributed by atoms with van der Waals surface area (Å²) in [5.74, 6) is -0.00396. The minimum atomic E-state index is -0.00396. The average Bonchev–Trinajstić information content (AvgIpc) is 2.28. The van der Waals surface area contributed by atoms with Crippen LogP contribution >= 0.6 is 15.9 Å². The van der Waals surface area contributed by atoms with Crippen molar-refractivity contribution < 1.29 is 4.79 Å². The van der Waals surface area contributed by atoms with Crippen LogP contribution in [0.25, 0.3) is 0 Å². The van der Waals surface area contributed by atoms with Crippen LogP contribution in [0.3, 0.4) is 0 Å². The summed E-state index contributed by atoms with van der Waals surface area (Å²) >= 11 is 3.43. The van der Waals surface area contributed by atoms with Gasteiger partial charge in [0.2, 0.25) is 5.91 Å². The Morgan fingerprint density at radius 2 is 2.12 bits per heavy atom. The number of carbonyl (C=O) groups excluding carboxylic acids is 1. The van der Waals surface area contributed by atoms with Gasteiger partial charge in [0.05, 0.1) is 6.54 Å². The highest BCUT2D eigenvalue weighted by Crippen LogP contribution is 2.21. The summed E-state index contributed by atoms with van der Waals surface area (Å²) < 4.78 is 1.03. The number of hydrogen-bond donors (Lipinski definition) is 2. The van der Waals surface area contributed by atoms with Gasteiger partial charge >= 0.3 is 0 Å². The molecule has 0 aromatic heterocycles. The second-order valence-electron chi connectivity index (χ2n) is 4.24. The van der Waals surface area contributed by atoms with Crippen LogP contribution in [0.2, 0.25) is 0 Å². The fourth-order valence-corrected chi connectivity index (χ4v) is 1.88. The number of rotatable bonds is 5. The van der Waals surface area contributed by atoms with Crippen molar-refractivity contribution in [1.82, 2.24) is 5.32 Å². The zero-order valence-corrected chi connectivity index (χ0v) is 12.1. The van der Waals surface area contributed by atoms with Gasteiger partial charge in [0.15, 0.2) is 0 Å². The van der Waals surface area contributed by atoms with Crippen molar-refractivity contribution in [3.63, 3.8) is 0 Å². The molecule has 4 heteroatoms. The Bertz CT molecular complexity index is 391. The Labute approximate surface area is 111 Å². The van der Waals surface area contributed by atoms with E-state index in [1.54, 1.807) is 0 Å². The third-order valence-corrected chi connectivity index (χ3v) is 2.89. The average molecular weight is 299 g/mol. The van der Waals surface area contributed by atoms with E-state index in [0.29, 0.717) is 12.6 Å². The maximum atomic E-state index is 11.7. The molecule has 1 aromatic rings. The van der Waals surface area contributed by atoms with Gasteiger partial charge in [-0.05, 0) is 30.2 Å². The molecular weight excluding hydrogens is 280 g/mol. The lowest BCUT2D eigenvalue weighted by atomic mass is 10.1. The topological polar surface area (TPSA) is 41.1 Å². The Morgan fingerprint density at radius 3 is 2.71 bits per heavy atom. The van der Waals surface area contributed by atoms with Crippen molar-refractivity contribution in [3.8, 4) is 0 Å². The van der Waals surface area contributed by atoms with E-state index in [0.717, 1.165) is 22.1 Å². The molecular formula is C13H19BrN2O. The van der Waals surface area contributed by atoms with Crippen molar-refractivity contribution >= 4 is 27.5 Å². The summed E-state index contributed by atoms with van der Waals surface area (Å²) in [5, 5.41) is 6.01. The second kappa shape index (κ2) is 6.77. The van der Waals surface area contributed by atoms with Crippen molar-refractivity contribution in [3.05, 3.63) is 28.2 Å². The van der Waals surface area contributed by atoms with Gasteiger partial charge in [0, 0.05) is 16.2 Å². The predicted octanol–water partition coefficient (Wildman–Crippen LogP) is 2.95. The van der Waals surface area contributed by atoms with Crippen molar-refractivity contribution in [1.29, 1.82) is 0 Å². The second-order valence-corrected chi connectivity index (χ2v) is 5.15. The van der Waals surface area contributed by atoms with Crippen LogP contribution in [0, 0.1) is 0 Å². The molecule has 0 fully saturated rings. The van der Waals surface area contributed by atoms with Crippen molar-refractivity contribution in [2.24, 2.45) is 0 Å². The van der Waals surface area contributed by atoms with Gasteiger partial charge in [-0.1, -0.05) is 36.7 Å². The molecule has 0 saturated heterocycles. The largest absolute Gasteiger partial charge is 0.325 e. The maximum absolute atomic E-state index is 11.7. The Kier molecular flexibility index (Phi) is 5.65. The van der Waals surface area contributed by atoms with E-state index in [1.165, 1.54) is 0 Å². The van der Waals surface area contributed by atoms with Crippen molar-refractivity contribution in [2.75, 3.05) is 11.9 Å². The van der Waals surface area contributed by atoms with Gasteiger partial charge in [-0.3, -0.25) is 4.79 Å². The number of anilines is 1. The van der Waals surface area contributed by atoms with Crippen LogP contribution in [-0.2, 0) is 11.2 Å². The number of carbonyl (C=O) groups is 1. The minimum Gasteiger partial charge on any atom is -0.325 e. The lowest BCUT2D eigenvalue weighted by molar-refractivity contribution is -0.115. The smallest absolute Gasteiger partial charge is 0.238 e. The zero-order valence-electron chi connectivity index (χ0n) is 10.5. The lowest BCUT2D eigenvalue weighted by Crippen LogP contribution is -2.32. The highest BCUT2D eigenvalue weighted by molar-refractivity contribution is 9.10. The quantitative estimate of drug-likeness (QED) is 0.877. The third-order valence-electron chi connectivity index (χ3n) is 2.39. The van der Waals surface area contributed by atoms with Crippen LogP contribution < -0.4 is 10.6 Å². The number of nitrogens with one attached hydrogen (secondary N) is 2. The van der Waals surface area contributed by atoms with Gasteiger partial charge in [-0.25, -0.2) is 0 Å². The van der Waals surface area contributed by atoms with E-state index < -0.39 is 0 Å². The summed E-state index contributed by atoms with van der Waals surface area (Å²) in [4.78, 5) is 11.7. The Balaban J connectivity index is 2.64. The first-order chi connectivity index (χ1) is 8.02. The van der Waals surface area contributed by atoms with E-state index in [-0.39, 0.29) is 5.91 Å². The van der Waals surface area contributed by atoms with E-state index >= 15 is 0 Å². The molecule has 94 valence electrons. The van der Waals surface area contributed by atoms with Crippen LogP contribution in [-0.4, -0.2) is 18.5 Å². The molecule has 0 heterocycles. The first-order valence-electron chi connectivity index (χ1n) is 5.84. The normalized spacial score (nSPS) is 10.6. The summed E-state index contributed by atoms with van der Waals surface area (Å²) in [6, 6.07) is 6.21. The first kappa shape index (κ1) is 14.2. The molecule has 2 N–H and O–H groups in total. The molecule has 0 aliphatic rings. The monoisotopic (exact) mass is 298 g/mol. The standard InChI is InChI=1S/C13H19BrN2O/c1-4-10-7-11(14)5-6-12(10)16-13(17)8-15-9(2)3/h5-7,9,15H,4,8H2,1-3H3,(H,16,17). The highest BCUT2D eigenvalue weighted by Gasteiger charge is 2.06. The van der Waals surface area contributed by atoms with Gasteiger partial charge in [0.1, 0.15) is 0 Å². The molecule has 0 aliphatic carbocycles. The fraction of sp³-hybridized carbons (Fsp3) is 0.462. The molecule has 3 nitrogen and oxygen atoms in total. The van der Waals surface area contributed by atoms with E-state index in [9.17, 15) is 4.79 Å². The van der Waals surface area contributed by atoms with E-state index in [2.05, 4.69) is 33.5 Å². The van der Waals surface area contributed by atoms with Gasteiger partial charge < -0.3 is 10.6 Å². The van der Waals surface area contributed by atoms with E-state index in [1.807, 2.05) is 32.0 Å². The summed E-state index contributed by atoms with van der Waals surface area (Å²) in [7, 11) is 0. The van der Waals surface area contributed by atoms with Crippen LogP contribution in [0.1, 0.15) is 26.3 Å². The third kappa shape index (κ3) is 4.88. The maximum Gasteiger partial charge on any atom is 0.238 e. The summed E-state index contributed by atoms with van der Waals surface area (Å²) in [6.07, 6.45) is 0.895.